The van der Waals surface area contributed by atoms with Crippen LogP contribution >= 0.6 is 11.8 Å². The Morgan fingerprint density at radius 1 is 1.38 bits per heavy atom. The molecule has 5 nitrogen and oxygen atoms in total. The number of anilines is 2. The third-order valence-corrected chi connectivity index (χ3v) is 5.26. The summed E-state index contributed by atoms with van der Waals surface area (Å²) in [5.41, 5.74) is 2.15. The first kappa shape index (κ1) is 16.9. The zero-order valence-corrected chi connectivity index (χ0v) is 15.3. The number of nitrogens with one attached hydrogen (secondary N) is 1. The summed E-state index contributed by atoms with van der Waals surface area (Å²) in [6.45, 7) is 0. The van der Waals surface area contributed by atoms with Crippen molar-refractivity contribution in [3.8, 4) is 0 Å². The Hall–Kier alpha value is -2.54. The van der Waals surface area contributed by atoms with Gasteiger partial charge in [0.05, 0.1) is 24.0 Å². The molecule has 0 atom stereocenters. The predicted molar refractivity (Wildman–Crippen MR) is 101 cm³/mol. The minimum Gasteiger partial charge on any atom is -0.464 e. The monoisotopic (exact) mass is 371 g/mol. The van der Waals surface area contributed by atoms with E-state index in [2.05, 4.69) is 10.3 Å². The number of halogens is 1. The van der Waals surface area contributed by atoms with E-state index in [1.54, 1.807) is 18.5 Å². The van der Waals surface area contributed by atoms with Crippen LogP contribution in [0, 0.1) is 5.82 Å². The number of methoxy groups -OCH3 is 1. The molecule has 1 aliphatic carbocycles. The third kappa shape index (κ3) is 2.82. The highest BCUT2D eigenvalue weighted by Gasteiger charge is 2.33. The fourth-order valence-electron chi connectivity index (χ4n) is 3.15. The van der Waals surface area contributed by atoms with Gasteiger partial charge in [-0.2, -0.15) is 0 Å². The number of carbonyl (C=O) groups is 1. The van der Waals surface area contributed by atoms with Crippen molar-refractivity contribution in [1.29, 1.82) is 0 Å². The largest absolute Gasteiger partial charge is 0.464 e. The van der Waals surface area contributed by atoms with Crippen LogP contribution in [-0.2, 0) is 4.74 Å². The number of ether oxygens (including phenoxy) is 1. The zero-order chi connectivity index (χ0) is 18.3. The van der Waals surface area contributed by atoms with Gasteiger partial charge in [-0.3, -0.25) is 4.98 Å². The minimum atomic E-state index is -0.447. The summed E-state index contributed by atoms with van der Waals surface area (Å²) in [5, 5.41) is 3.88. The number of fused-ring (bicyclic) bond motifs is 1. The van der Waals surface area contributed by atoms with Crippen molar-refractivity contribution >= 4 is 40.0 Å². The molecule has 0 radical (unpaired) electrons. The first-order valence-electron chi connectivity index (χ1n) is 8.30. The number of benzene rings is 1. The second-order valence-electron chi connectivity index (χ2n) is 6.18. The molecule has 0 bridgehead atoms. The number of hydrogen-bond donors (Lipinski definition) is 1. The van der Waals surface area contributed by atoms with E-state index >= 15 is 0 Å². The molecule has 4 rings (SSSR count). The number of pyridine rings is 1. The Balaban J connectivity index is 1.90. The van der Waals surface area contributed by atoms with E-state index in [-0.39, 0.29) is 11.9 Å². The number of hydrogen-bond acceptors (Lipinski definition) is 5. The lowest BCUT2D eigenvalue weighted by atomic mass is 10.2. The maximum Gasteiger partial charge on any atom is 0.356 e. The van der Waals surface area contributed by atoms with Crippen molar-refractivity contribution in [2.45, 2.75) is 23.8 Å². The predicted octanol–water partition coefficient (Wildman–Crippen LogP) is 4.76. The van der Waals surface area contributed by atoms with E-state index in [9.17, 15) is 9.18 Å². The topological polar surface area (TPSA) is 56.1 Å². The number of nitrogens with zero attached hydrogens (tertiary/aromatic N) is 2. The van der Waals surface area contributed by atoms with Crippen molar-refractivity contribution in [3.05, 3.63) is 48.2 Å². The first-order valence-corrected chi connectivity index (χ1v) is 9.53. The van der Waals surface area contributed by atoms with Crippen molar-refractivity contribution < 1.29 is 13.9 Å². The van der Waals surface area contributed by atoms with Crippen LogP contribution in [0.3, 0.4) is 0 Å². The second-order valence-corrected chi connectivity index (χ2v) is 7.06. The molecule has 134 valence electrons. The van der Waals surface area contributed by atoms with Crippen LogP contribution in [0.4, 0.5) is 15.8 Å². The number of esters is 1. The summed E-state index contributed by atoms with van der Waals surface area (Å²) in [4.78, 5) is 17.6. The Bertz CT molecular complexity index is 998. The molecule has 1 saturated carbocycles. The SMILES string of the molecule is COC(=O)c1c(Nc2ccc(SC)cc2F)c2cnccc2n1C1CC1. The normalized spacial score (nSPS) is 13.8. The first-order chi connectivity index (χ1) is 12.6. The zero-order valence-electron chi connectivity index (χ0n) is 14.5. The van der Waals surface area contributed by atoms with Crippen molar-refractivity contribution in [3.63, 3.8) is 0 Å². The molecule has 0 spiro atoms. The molecule has 2 aromatic heterocycles. The van der Waals surface area contributed by atoms with Gasteiger partial charge in [0.2, 0.25) is 0 Å². The molecule has 2 heterocycles. The fraction of sp³-hybridized carbons (Fsp3) is 0.263. The van der Waals surface area contributed by atoms with Crippen LogP contribution in [0.25, 0.3) is 10.9 Å². The smallest absolute Gasteiger partial charge is 0.356 e. The number of aromatic nitrogens is 2. The lowest BCUT2D eigenvalue weighted by Crippen LogP contribution is -2.12. The molecular weight excluding hydrogens is 353 g/mol. The third-order valence-electron chi connectivity index (χ3n) is 4.53. The van der Waals surface area contributed by atoms with Gasteiger partial charge >= 0.3 is 5.97 Å². The van der Waals surface area contributed by atoms with Crippen LogP contribution in [-0.4, -0.2) is 28.9 Å². The Morgan fingerprint density at radius 2 is 2.19 bits per heavy atom. The number of rotatable bonds is 5. The van der Waals surface area contributed by atoms with Gasteiger partial charge in [-0.1, -0.05) is 0 Å². The molecule has 0 unspecified atom stereocenters. The van der Waals surface area contributed by atoms with Crippen LogP contribution in [0.15, 0.2) is 41.6 Å². The summed E-state index contributed by atoms with van der Waals surface area (Å²) >= 11 is 1.47. The number of thioether (sulfide) groups is 1. The summed E-state index contributed by atoms with van der Waals surface area (Å²) < 4.78 is 21.5. The van der Waals surface area contributed by atoms with Gasteiger partial charge in [0.25, 0.3) is 0 Å². The lowest BCUT2D eigenvalue weighted by molar-refractivity contribution is 0.0590. The highest BCUT2D eigenvalue weighted by atomic mass is 32.2. The van der Waals surface area contributed by atoms with Crippen molar-refractivity contribution in [1.82, 2.24) is 9.55 Å². The highest BCUT2D eigenvalue weighted by Crippen LogP contribution is 2.44. The molecule has 1 fully saturated rings. The molecule has 7 heteroatoms. The molecule has 0 saturated heterocycles. The van der Waals surface area contributed by atoms with E-state index in [1.807, 2.05) is 23.0 Å². The van der Waals surface area contributed by atoms with Gasteiger partial charge in [0, 0.05) is 28.7 Å². The Labute approximate surface area is 154 Å². The van der Waals surface area contributed by atoms with Crippen LogP contribution in [0.2, 0.25) is 0 Å². The average molecular weight is 371 g/mol. The summed E-state index contributed by atoms with van der Waals surface area (Å²) in [7, 11) is 1.35. The molecular formula is C19H18FN3O2S. The lowest BCUT2D eigenvalue weighted by Gasteiger charge is -2.12. The summed E-state index contributed by atoms with van der Waals surface area (Å²) in [6.07, 6.45) is 7.29. The van der Waals surface area contributed by atoms with Gasteiger partial charge in [0.1, 0.15) is 5.82 Å². The van der Waals surface area contributed by atoms with Crippen molar-refractivity contribution in [2.75, 3.05) is 18.7 Å². The standard InChI is InChI=1S/C19H18FN3O2S/c1-25-19(24)18-17(22-15-6-5-12(26-2)9-14(15)20)13-10-21-8-7-16(13)23(18)11-3-4-11/h5-11,22H,3-4H2,1-2H3. The maximum absolute atomic E-state index is 14.5. The summed E-state index contributed by atoms with van der Waals surface area (Å²) in [6, 6.07) is 7.13. The van der Waals surface area contributed by atoms with Gasteiger partial charge in [-0.15, -0.1) is 11.8 Å². The fourth-order valence-corrected chi connectivity index (χ4v) is 3.58. The minimum absolute atomic E-state index is 0.258. The van der Waals surface area contributed by atoms with E-state index in [4.69, 9.17) is 4.74 Å². The number of carbonyl (C=O) groups excluding carboxylic acids is 1. The van der Waals surface area contributed by atoms with E-state index < -0.39 is 5.97 Å². The van der Waals surface area contributed by atoms with Gasteiger partial charge in [0.15, 0.2) is 5.69 Å². The molecule has 0 amide bonds. The van der Waals surface area contributed by atoms with Gasteiger partial charge in [-0.05, 0) is 43.4 Å². The Morgan fingerprint density at radius 3 is 2.85 bits per heavy atom. The Kier molecular flexibility index (Phi) is 4.32. The molecule has 1 aliphatic rings. The molecule has 0 aliphatic heterocycles. The highest BCUT2D eigenvalue weighted by molar-refractivity contribution is 7.98. The van der Waals surface area contributed by atoms with E-state index in [0.29, 0.717) is 17.1 Å². The molecule has 3 aromatic rings. The van der Waals surface area contributed by atoms with Crippen LogP contribution in [0.5, 0.6) is 0 Å². The van der Waals surface area contributed by atoms with Crippen LogP contribution in [0.1, 0.15) is 29.4 Å². The maximum atomic E-state index is 14.5. The summed E-state index contributed by atoms with van der Waals surface area (Å²) in [5.74, 6) is -0.819. The van der Waals surface area contributed by atoms with E-state index in [1.165, 1.54) is 24.9 Å². The quantitative estimate of drug-likeness (QED) is 0.517. The van der Waals surface area contributed by atoms with Gasteiger partial charge < -0.3 is 14.6 Å². The average Bonchev–Trinajstić information content (AvgIpc) is 3.45. The van der Waals surface area contributed by atoms with E-state index in [0.717, 1.165) is 28.6 Å². The van der Waals surface area contributed by atoms with Gasteiger partial charge in [-0.25, -0.2) is 9.18 Å². The van der Waals surface area contributed by atoms with Crippen molar-refractivity contribution in [2.24, 2.45) is 0 Å². The van der Waals surface area contributed by atoms with Crippen LogP contribution < -0.4 is 5.32 Å². The second kappa shape index (κ2) is 6.64. The molecule has 1 aromatic carbocycles. The molecule has 26 heavy (non-hydrogen) atoms. The molecule has 1 N–H and O–H groups in total.